The van der Waals surface area contributed by atoms with Crippen molar-refractivity contribution < 1.29 is 18.3 Å². The third-order valence-corrected chi connectivity index (χ3v) is 6.35. The third-order valence-electron chi connectivity index (χ3n) is 6.35. The molecule has 2 fully saturated rings. The van der Waals surface area contributed by atoms with Gasteiger partial charge in [-0.2, -0.15) is 4.39 Å². The summed E-state index contributed by atoms with van der Waals surface area (Å²) in [5.41, 5.74) is 0. The van der Waals surface area contributed by atoms with Gasteiger partial charge in [0.1, 0.15) is 0 Å². The minimum atomic E-state index is -1.18. The monoisotopic (exact) mass is 365 g/mol. The average Bonchev–Trinajstić information content (AvgIpc) is 2.66. The maximum atomic E-state index is 13.2. The average molecular weight is 365 g/mol. The number of carbonyl (C=O) groups excluding carboxylic acids is 1. The van der Waals surface area contributed by atoms with Crippen LogP contribution in [0.5, 0.6) is 5.75 Å². The van der Waals surface area contributed by atoms with Crippen LogP contribution in [0.15, 0.2) is 12.3 Å². The van der Waals surface area contributed by atoms with E-state index in [1.807, 2.05) is 0 Å². The Kier molecular flexibility index (Phi) is 6.60. The Hall–Kier alpha value is -1.52. The second kappa shape index (κ2) is 8.92. The van der Waals surface area contributed by atoms with Gasteiger partial charge in [-0.25, -0.2) is 9.37 Å². The van der Waals surface area contributed by atoms with Crippen LogP contribution in [0.2, 0.25) is 0 Å². The first-order valence-corrected chi connectivity index (χ1v) is 10.1. The number of halogens is 2. The lowest BCUT2D eigenvalue weighted by Gasteiger charge is -2.37. The van der Waals surface area contributed by atoms with E-state index in [-0.39, 0.29) is 17.6 Å². The van der Waals surface area contributed by atoms with Gasteiger partial charge in [0.05, 0.1) is 12.1 Å². The second-order valence-electron chi connectivity index (χ2n) is 8.05. The summed E-state index contributed by atoms with van der Waals surface area (Å²) in [6.45, 7) is 2.27. The third kappa shape index (κ3) is 4.80. The van der Waals surface area contributed by atoms with Crippen molar-refractivity contribution >= 4 is 5.97 Å². The smallest absolute Gasteiger partial charge is 0.314 e. The maximum absolute atomic E-state index is 13.2. The molecule has 0 aromatic carbocycles. The molecule has 2 saturated carbocycles. The fraction of sp³-hybridized carbons (Fsp3) is 0.714. The summed E-state index contributed by atoms with van der Waals surface area (Å²) in [7, 11) is 0. The van der Waals surface area contributed by atoms with Crippen LogP contribution in [0.3, 0.4) is 0 Å². The van der Waals surface area contributed by atoms with E-state index in [0.717, 1.165) is 55.7 Å². The molecule has 26 heavy (non-hydrogen) atoms. The van der Waals surface area contributed by atoms with Crippen LogP contribution >= 0.6 is 0 Å². The van der Waals surface area contributed by atoms with Crippen LogP contribution in [0, 0.1) is 35.4 Å². The number of esters is 1. The van der Waals surface area contributed by atoms with Crippen LogP contribution < -0.4 is 4.74 Å². The highest BCUT2D eigenvalue weighted by Gasteiger charge is 2.33. The fourth-order valence-corrected chi connectivity index (χ4v) is 4.84. The predicted octanol–water partition coefficient (Wildman–Crippen LogP) is 5.68. The van der Waals surface area contributed by atoms with E-state index in [0.29, 0.717) is 0 Å². The van der Waals surface area contributed by atoms with Crippen molar-refractivity contribution in [3.63, 3.8) is 0 Å². The highest BCUT2D eigenvalue weighted by atomic mass is 19.2. The van der Waals surface area contributed by atoms with Gasteiger partial charge in [0.2, 0.25) is 5.95 Å². The quantitative estimate of drug-likeness (QED) is 0.498. The molecule has 2 aliphatic rings. The van der Waals surface area contributed by atoms with Crippen molar-refractivity contribution in [3.8, 4) is 5.75 Å². The lowest BCUT2D eigenvalue weighted by Crippen LogP contribution is -2.30. The van der Waals surface area contributed by atoms with Crippen LogP contribution in [0.1, 0.15) is 71.1 Å². The van der Waals surface area contributed by atoms with Crippen molar-refractivity contribution in [2.45, 2.75) is 71.1 Å². The molecule has 0 saturated heterocycles. The number of rotatable bonds is 5. The zero-order valence-electron chi connectivity index (χ0n) is 15.6. The number of nitrogens with zero attached hydrogens (tertiary/aromatic N) is 1. The number of aromatic nitrogens is 1. The van der Waals surface area contributed by atoms with Gasteiger partial charge in [0, 0.05) is 6.07 Å². The Balaban J connectivity index is 1.44. The van der Waals surface area contributed by atoms with Crippen LogP contribution in [-0.4, -0.2) is 11.0 Å². The van der Waals surface area contributed by atoms with Crippen LogP contribution in [0.25, 0.3) is 0 Å². The Morgan fingerprint density at radius 2 is 1.69 bits per heavy atom. The van der Waals surface area contributed by atoms with Crippen molar-refractivity contribution in [3.05, 3.63) is 24.0 Å². The van der Waals surface area contributed by atoms with Crippen LogP contribution in [0.4, 0.5) is 8.78 Å². The molecule has 1 aromatic heterocycles. The lowest BCUT2D eigenvalue weighted by molar-refractivity contribution is -0.140. The topological polar surface area (TPSA) is 39.2 Å². The summed E-state index contributed by atoms with van der Waals surface area (Å²) in [5, 5.41) is 0. The molecule has 3 nitrogen and oxygen atoms in total. The van der Waals surface area contributed by atoms with Crippen molar-refractivity contribution in [2.75, 3.05) is 0 Å². The minimum Gasteiger partial charge on any atom is -0.425 e. The molecule has 1 heterocycles. The van der Waals surface area contributed by atoms with Crippen molar-refractivity contribution in [1.82, 2.24) is 4.98 Å². The molecule has 3 rings (SSSR count). The highest BCUT2D eigenvalue weighted by molar-refractivity contribution is 5.75. The largest absolute Gasteiger partial charge is 0.425 e. The molecule has 0 N–H and O–H groups in total. The number of hydrogen-bond donors (Lipinski definition) is 0. The Morgan fingerprint density at radius 1 is 1.08 bits per heavy atom. The predicted molar refractivity (Wildman–Crippen MR) is 95.6 cm³/mol. The van der Waals surface area contributed by atoms with Crippen molar-refractivity contribution in [1.29, 1.82) is 0 Å². The zero-order chi connectivity index (χ0) is 18.5. The molecule has 0 radical (unpaired) electrons. The molecule has 0 atom stereocenters. The van der Waals surface area contributed by atoms with E-state index >= 15 is 0 Å². The van der Waals surface area contributed by atoms with Crippen LogP contribution in [-0.2, 0) is 4.79 Å². The summed E-state index contributed by atoms with van der Waals surface area (Å²) in [4.78, 5) is 15.5. The Bertz CT molecular complexity index is 606. The molecule has 5 heteroatoms. The molecule has 0 amide bonds. The molecular formula is C21H29F2NO2. The van der Waals surface area contributed by atoms with Gasteiger partial charge in [-0.1, -0.05) is 32.6 Å². The molecule has 0 bridgehead atoms. The van der Waals surface area contributed by atoms with Gasteiger partial charge < -0.3 is 4.74 Å². The van der Waals surface area contributed by atoms with Gasteiger partial charge in [-0.15, -0.1) is 0 Å². The van der Waals surface area contributed by atoms with E-state index in [1.54, 1.807) is 0 Å². The lowest BCUT2D eigenvalue weighted by atomic mass is 9.69. The van der Waals surface area contributed by atoms with Gasteiger partial charge in [0.25, 0.3) is 0 Å². The van der Waals surface area contributed by atoms with E-state index in [9.17, 15) is 13.6 Å². The van der Waals surface area contributed by atoms with Crippen molar-refractivity contribution in [2.24, 2.45) is 23.7 Å². The first-order valence-electron chi connectivity index (χ1n) is 10.1. The van der Waals surface area contributed by atoms with Gasteiger partial charge >= 0.3 is 5.97 Å². The Morgan fingerprint density at radius 3 is 2.27 bits per heavy atom. The highest BCUT2D eigenvalue weighted by Crippen LogP contribution is 2.42. The molecule has 0 aliphatic heterocycles. The number of pyridine rings is 1. The molecule has 0 unspecified atom stereocenters. The summed E-state index contributed by atoms with van der Waals surface area (Å²) in [6.07, 6.45) is 12.9. The maximum Gasteiger partial charge on any atom is 0.314 e. The first-order chi connectivity index (χ1) is 12.6. The Labute approximate surface area is 154 Å². The van der Waals surface area contributed by atoms with E-state index < -0.39 is 11.8 Å². The first kappa shape index (κ1) is 19.2. The minimum absolute atomic E-state index is 0.0229. The standard InChI is InChI=1S/C21H29F2NO2/c1-2-3-14-4-6-15(7-5-14)16-8-10-17(11-9-16)21(25)26-18-12-19(22)20(23)24-13-18/h12-17H,2-11H2,1H3/t14-,15-,16?,17?. The normalized spacial score (nSPS) is 29.3. The molecular weight excluding hydrogens is 336 g/mol. The van der Waals surface area contributed by atoms with Gasteiger partial charge in [0.15, 0.2) is 11.6 Å². The van der Waals surface area contributed by atoms with Gasteiger partial charge in [-0.3, -0.25) is 4.79 Å². The van der Waals surface area contributed by atoms with E-state index in [1.165, 1.54) is 38.5 Å². The second-order valence-corrected chi connectivity index (χ2v) is 8.05. The molecule has 0 spiro atoms. The summed E-state index contributed by atoms with van der Waals surface area (Å²) in [6, 6.07) is 0.876. The fourth-order valence-electron chi connectivity index (χ4n) is 4.84. The summed E-state index contributed by atoms with van der Waals surface area (Å²) in [5.74, 6) is -0.324. The number of ether oxygens (including phenoxy) is 1. The summed E-state index contributed by atoms with van der Waals surface area (Å²) < 4.78 is 31.2. The SMILES string of the molecule is CCC[C@H]1CC[C@H](C2CCC(C(=O)Oc3cnc(F)c(F)c3)CC2)CC1. The van der Waals surface area contributed by atoms with E-state index in [4.69, 9.17) is 4.74 Å². The number of carbonyl (C=O) groups is 1. The summed E-state index contributed by atoms with van der Waals surface area (Å²) >= 11 is 0. The molecule has 1 aromatic rings. The number of hydrogen-bond acceptors (Lipinski definition) is 3. The molecule has 144 valence electrons. The zero-order valence-corrected chi connectivity index (χ0v) is 15.6. The van der Waals surface area contributed by atoms with E-state index in [2.05, 4.69) is 11.9 Å². The molecule has 2 aliphatic carbocycles. The van der Waals surface area contributed by atoms with Gasteiger partial charge in [-0.05, 0) is 56.3 Å².